The highest BCUT2D eigenvalue weighted by atomic mass is 30.1. The second kappa shape index (κ2) is 15.8. The number of rotatable bonds is 17. The predicted octanol–water partition coefficient (Wildman–Crippen LogP) is -5.67. The van der Waals surface area contributed by atoms with E-state index >= 15 is 0 Å². The van der Waals surface area contributed by atoms with E-state index in [1.807, 2.05) is 0 Å². The van der Waals surface area contributed by atoms with Gasteiger partial charge in [-0.25, -0.2) is 0 Å². The maximum absolute atomic E-state index is 12.8. The normalized spacial score (nSPS) is 10.9. The van der Waals surface area contributed by atoms with Gasteiger partial charge in [-0.1, -0.05) is 0 Å². The van der Waals surface area contributed by atoms with Gasteiger partial charge >= 0.3 is 117 Å². The van der Waals surface area contributed by atoms with Gasteiger partial charge in [0.2, 0.25) is 7.83 Å². The molecule has 33 heteroatoms. The first-order valence-corrected chi connectivity index (χ1v) is 52.1. The molecule has 0 rings (SSSR count). The molecule has 0 aromatic carbocycles. The average molecular weight is 810 g/mol. The molecule has 0 atom stereocenters. The second-order valence-electron chi connectivity index (χ2n) is 8.49. The minimum Gasteiger partial charge on any atom is -0.453 e. The van der Waals surface area contributed by atoms with E-state index in [9.17, 15) is 66.9 Å². The van der Waals surface area contributed by atoms with Crippen LogP contribution in [-0.4, -0.2) is 133 Å². The van der Waals surface area contributed by atoms with E-state index in [0.29, 0.717) is 0 Å². The maximum atomic E-state index is 12.8. The van der Waals surface area contributed by atoms with Gasteiger partial charge in [0.25, 0.3) is 0 Å². The molecule has 0 fully saturated rings. The summed E-state index contributed by atoms with van der Waals surface area (Å²) in [5.41, 5.74) is 0. The highest BCUT2D eigenvalue weighted by molar-refractivity contribution is 7.81. The predicted molar refractivity (Wildman–Crippen MR) is 140 cm³/mol. The van der Waals surface area contributed by atoms with E-state index in [2.05, 4.69) is 0 Å². The standard InChI is InChI=1S/C5H16O16Si17/c1-37(2,3)21-38(4,5)36(20)35(19)34(18)33(17)32(16)31(15)30(14)29(13)28(12)27(11)26(10)25(9)24(8)23(7)22-6/h22H,1-5H3. The van der Waals surface area contributed by atoms with Crippen molar-refractivity contribution in [3.05, 3.63) is 0 Å². The molecule has 0 radical (unpaired) electrons. The quantitative estimate of drug-likeness (QED) is 0.124. The average Bonchev–Trinajstić information content (AvgIpc) is 2.85. The molecule has 0 N–H and O–H groups in total. The molecule has 38 heavy (non-hydrogen) atoms. The Bertz CT molecular complexity index is 1310. The summed E-state index contributed by atoms with van der Waals surface area (Å²) in [7, 11) is -62.1. The number of hydrogen-bond acceptors (Lipinski definition) is 16. The van der Waals surface area contributed by atoms with Gasteiger partial charge in [-0.15, -0.1) is 0 Å². The molecule has 0 aliphatic carbocycles. The Hall–Kier alpha value is 0.647. The van der Waals surface area contributed by atoms with E-state index in [0.717, 1.165) is 0 Å². The molecule has 0 saturated carbocycles. The Kier molecular flexibility index (Phi) is 16.0. The Morgan fingerprint density at radius 2 is 0.658 bits per heavy atom. The zero-order chi connectivity index (χ0) is 30.5. The molecular formula is C5H16O16Si17. The summed E-state index contributed by atoms with van der Waals surface area (Å²) in [6.07, 6.45) is 0. The Morgan fingerprint density at radius 3 is 0.895 bits per heavy atom. The molecule has 16 nitrogen and oxygen atoms in total. The van der Waals surface area contributed by atoms with Gasteiger partial charge in [-0.2, -0.15) is 0 Å². The van der Waals surface area contributed by atoms with E-state index in [1.165, 1.54) is 13.1 Å². The van der Waals surface area contributed by atoms with Gasteiger partial charge in [0.1, 0.15) is 0 Å². The lowest BCUT2D eigenvalue weighted by molar-refractivity contribution is 0.530. The first-order valence-electron chi connectivity index (χ1n) is 9.79. The molecule has 0 saturated heterocycles. The summed E-state index contributed by atoms with van der Waals surface area (Å²) in [5, 5.41) is 0. The van der Waals surface area contributed by atoms with Gasteiger partial charge in [0.15, 0.2) is 8.32 Å². The topological polar surface area (TPSA) is 265 Å². The molecular weight excluding hydrogens is 794 g/mol. The Balaban J connectivity index is 5.67. The van der Waals surface area contributed by atoms with Crippen LogP contribution in [-0.2, 0) is 71.0 Å². The van der Waals surface area contributed by atoms with E-state index in [-0.39, 0.29) is 0 Å². The maximum Gasteiger partial charge on any atom is 0.381 e. The largest absolute Gasteiger partial charge is 0.453 e. The monoisotopic (exact) mass is 808 g/mol. The highest BCUT2D eigenvalue weighted by Crippen LogP contribution is 2.14. The summed E-state index contributed by atoms with van der Waals surface area (Å²) in [6.45, 7) is 8.19. The van der Waals surface area contributed by atoms with Gasteiger partial charge in [-0.05, 0) is 32.7 Å². The molecule has 0 heterocycles. The molecule has 0 aromatic heterocycles. The SMILES string of the molecule is C[Si](C)(C)O[Si](C)(C)[Si](=O)[Si](=O)[Si](=O)[Si](=O)[Si](=O)[Si](=O)[Si](=O)[Si](=O)[Si](=O)[Si](=O)[Si](=O)[Si](=O)[Si](=O)[Si](=O)[SiH]=O. The Labute approximate surface area is 235 Å². The Morgan fingerprint density at radius 1 is 0.421 bits per heavy atom. The molecule has 0 unspecified atom stereocenters. The van der Waals surface area contributed by atoms with Crippen LogP contribution in [0.15, 0.2) is 0 Å². The van der Waals surface area contributed by atoms with Crippen molar-refractivity contribution in [1.29, 1.82) is 0 Å². The van der Waals surface area contributed by atoms with Crippen LogP contribution in [0.25, 0.3) is 0 Å². The van der Waals surface area contributed by atoms with Crippen molar-refractivity contribution < 1.29 is 71.0 Å². The lowest BCUT2D eigenvalue weighted by Crippen LogP contribution is -2.59. The van der Waals surface area contributed by atoms with Crippen LogP contribution >= 0.6 is 0 Å². The molecule has 0 aromatic rings. The zero-order valence-electron chi connectivity index (χ0n) is 20.1. The lowest BCUT2D eigenvalue weighted by atomic mass is 11.8. The summed E-state index contributed by atoms with van der Waals surface area (Å²) in [4.78, 5) is 0. The van der Waals surface area contributed by atoms with Crippen molar-refractivity contribution in [3.63, 3.8) is 0 Å². The summed E-state index contributed by atoms with van der Waals surface area (Å²) < 4.78 is 188. The van der Waals surface area contributed by atoms with E-state index in [1.54, 1.807) is 19.6 Å². The molecule has 0 amide bonds. The first kappa shape index (κ1) is 38.6. The first-order chi connectivity index (χ1) is 17.0. The van der Waals surface area contributed by atoms with Crippen molar-refractivity contribution in [2.45, 2.75) is 32.7 Å². The fourth-order valence-electron chi connectivity index (χ4n) is 2.38. The summed E-state index contributed by atoms with van der Waals surface area (Å²) in [5.74, 6) is 0. The van der Waals surface area contributed by atoms with Crippen molar-refractivity contribution in [2.24, 2.45) is 0 Å². The van der Waals surface area contributed by atoms with Crippen LogP contribution in [0, 0.1) is 0 Å². The zero-order valence-corrected chi connectivity index (χ0v) is 37.3. The number of hydrogen-bond donors (Lipinski definition) is 0. The minimum atomic E-state index is -4.18. The van der Waals surface area contributed by atoms with Gasteiger partial charge < -0.3 is 71.0 Å². The van der Waals surface area contributed by atoms with Crippen LogP contribution in [0.1, 0.15) is 0 Å². The molecule has 200 valence electrons. The molecule has 0 aliphatic heterocycles. The van der Waals surface area contributed by atoms with Crippen molar-refractivity contribution >= 4 is 133 Å². The van der Waals surface area contributed by atoms with Gasteiger partial charge in [0.05, 0.1) is 0 Å². The van der Waals surface area contributed by atoms with Crippen molar-refractivity contribution in [3.8, 4) is 0 Å². The summed E-state index contributed by atoms with van der Waals surface area (Å²) >= 11 is 0. The molecule has 0 spiro atoms. The van der Waals surface area contributed by atoms with Crippen LogP contribution in [0.3, 0.4) is 0 Å². The fraction of sp³-hybridized carbons (Fsp3) is 1.00. The third-order valence-corrected chi connectivity index (χ3v) is 126. The third-order valence-electron chi connectivity index (χ3n) is 3.91. The minimum absolute atomic E-state index is 1.45. The van der Waals surface area contributed by atoms with E-state index < -0.39 is 133 Å². The third kappa shape index (κ3) is 10.5. The fourth-order valence-corrected chi connectivity index (χ4v) is 180. The van der Waals surface area contributed by atoms with Gasteiger partial charge in [0, 0.05) is 0 Å². The van der Waals surface area contributed by atoms with Crippen LogP contribution < -0.4 is 0 Å². The molecule has 0 aliphatic rings. The van der Waals surface area contributed by atoms with Gasteiger partial charge in [-0.3, -0.25) is 0 Å². The van der Waals surface area contributed by atoms with Crippen molar-refractivity contribution in [1.82, 2.24) is 0 Å². The lowest BCUT2D eigenvalue weighted by Gasteiger charge is -2.28. The van der Waals surface area contributed by atoms with Crippen LogP contribution in [0.4, 0.5) is 0 Å². The summed E-state index contributed by atoms with van der Waals surface area (Å²) in [6, 6.07) is 0. The van der Waals surface area contributed by atoms with Crippen LogP contribution in [0.5, 0.6) is 0 Å². The molecule has 0 bridgehead atoms. The highest BCUT2D eigenvalue weighted by Gasteiger charge is 2.55. The van der Waals surface area contributed by atoms with Crippen molar-refractivity contribution in [2.75, 3.05) is 0 Å². The second-order valence-corrected chi connectivity index (χ2v) is 90.1. The van der Waals surface area contributed by atoms with E-state index in [4.69, 9.17) is 4.12 Å². The smallest absolute Gasteiger partial charge is 0.381 e. The van der Waals surface area contributed by atoms with Crippen LogP contribution in [0.2, 0.25) is 32.7 Å².